The zero-order valence-electron chi connectivity index (χ0n) is 16.4. The van der Waals surface area contributed by atoms with Gasteiger partial charge in [0.1, 0.15) is 27.1 Å². The number of carbonyl (C=O) groups excluding carboxylic acids is 2. The average Bonchev–Trinajstić information content (AvgIpc) is 3.25. The number of hydrogen-bond acceptors (Lipinski definition) is 13. The third-order valence-corrected chi connectivity index (χ3v) is 9.44. The van der Waals surface area contributed by atoms with E-state index in [1.54, 1.807) is 6.92 Å². The fourth-order valence-corrected chi connectivity index (χ4v) is 7.70. The maximum atomic E-state index is 12.8. The van der Waals surface area contributed by atoms with Gasteiger partial charge in [-0.2, -0.15) is 0 Å². The fraction of sp³-hybridized carbons (Fsp3) is 0.250. The number of aromatic nitrogens is 2. The van der Waals surface area contributed by atoms with Crippen molar-refractivity contribution in [2.45, 2.75) is 22.5 Å². The maximum Gasteiger partial charge on any atom is 0.353 e. The average molecular weight is 548 g/mol. The van der Waals surface area contributed by atoms with Crippen molar-refractivity contribution in [3.63, 3.8) is 0 Å². The van der Waals surface area contributed by atoms with Crippen molar-refractivity contribution in [2.75, 3.05) is 17.2 Å². The molecule has 2 aliphatic rings. The Morgan fingerprint density at radius 3 is 2.55 bits per heavy atom. The minimum absolute atomic E-state index is 0.0424. The van der Waals surface area contributed by atoms with Crippen LogP contribution in [0.5, 0.6) is 0 Å². The molecule has 1 fully saturated rings. The molecule has 0 bridgehead atoms. The summed E-state index contributed by atoms with van der Waals surface area (Å²) < 4.78 is 0.780. The lowest BCUT2D eigenvalue weighted by Gasteiger charge is -2.49. The molecule has 0 spiro atoms. The predicted octanol–water partition coefficient (Wildman–Crippen LogP) is 1.39. The van der Waals surface area contributed by atoms with Crippen molar-refractivity contribution in [2.24, 2.45) is 5.16 Å². The summed E-state index contributed by atoms with van der Waals surface area (Å²) in [6, 6.07) is -1.03. The number of carboxylic acids is 1. The van der Waals surface area contributed by atoms with E-state index in [0.717, 1.165) is 20.4 Å². The van der Waals surface area contributed by atoms with Gasteiger partial charge < -0.3 is 27.1 Å². The van der Waals surface area contributed by atoms with Crippen molar-refractivity contribution >= 4 is 91.6 Å². The van der Waals surface area contributed by atoms with Gasteiger partial charge in [-0.05, 0) is 6.92 Å². The Morgan fingerprint density at radius 1 is 1.30 bits per heavy atom. The van der Waals surface area contributed by atoms with Crippen molar-refractivity contribution in [1.82, 2.24) is 20.2 Å². The lowest BCUT2D eigenvalue weighted by molar-refractivity contribution is -0.150. The van der Waals surface area contributed by atoms with Crippen molar-refractivity contribution in [3.8, 4) is 0 Å². The highest BCUT2D eigenvalue weighted by molar-refractivity contribution is 8.07. The number of thioether (sulfide) groups is 2. The monoisotopic (exact) mass is 547 g/mol. The minimum atomic E-state index is -1.27. The molecule has 0 radical (unpaired) electrons. The Balaban J connectivity index is 1.54. The van der Waals surface area contributed by atoms with E-state index in [2.05, 4.69) is 20.4 Å². The number of halogens is 1. The normalized spacial score (nSPS) is 20.5. The molecule has 7 N–H and O–H groups in total. The number of nitrogens with one attached hydrogen (secondary N) is 1. The highest BCUT2D eigenvalue weighted by Gasteiger charge is 2.54. The summed E-state index contributed by atoms with van der Waals surface area (Å²) >= 11 is 10.6. The van der Waals surface area contributed by atoms with Crippen molar-refractivity contribution in [3.05, 3.63) is 26.3 Å². The first-order valence-electron chi connectivity index (χ1n) is 8.89. The number of fused-ring (bicyclic) bond motifs is 1. The molecule has 0 saturated carbocycles. The minimum Gasteiger partial charge on any atom is -0.477 e. The van der Waals surface area contributed by atoms with Crippen LogP contribution in [0.15, 0.2) is 20.0 Å². The van der Waals surface area contributed by atoms with Crippen LogP contribution in [0.2, 0.25) is 4.34 Å². The third kappa shape index (κ3) is 4.23. The molecule has 0 unspecified atom stereocenters. The van der Waals surface area contributed by atoms with Crippen molar-refractivity contribution < 1.29 is 24.7 Å². The lowest BCUT2D eigenvalue weighted by Crippen LogP contribution is -2.71. The molecule has 17 heteroatoms. The Morgan fingerprint density at radius 2 is 2.00 bits per heavy atom. The van der Waals surface area contributed by atoms with E-state index in [1.165, 1.54) is 34.9 Å². The van der Waals surface area contributed by atoms with Crippen LogP contribution >= 0.6 is 57.8 Å². The van der Waals surface area contributed by atoms with Gasteiger partial charge in [0.15, 0.2) is 16.0 Å². The molecule has 0 aliphatic carbocycles. The molecule has 174 valence electrons. The molecule has 0 aromatic carbocycles. The highest BCUT2D eigenvalue weighted by Crippen LogP contribution is 2.47. The van der Waals surface area contributed by atoms with Gasteiger partial charge in [-0.15, -0.1) is 11.8 Å². The molecular formula is C16H14ClN7O5S4. The van der Waals surface area contributed by atoms with Crippen LogP contribution in [0.4, 0.5) is 10.3 Å². The van der Waals surface area contributed by atoms with Crippen LogP contribution in [0.25, 0.3) is 0 Å². The van der Waals surface area contributed by atoms with E-state index in [-0.39, 0.29) is 20.9 Å². The fourth-order valence-electron chi connectivity index (χ4n) is 3.15. The Labute approximate surface area is 207 Å². The van der Waals surface area contributed by atoms with E-state index in [4.69, 9.17) is 23.1 Å². The molecule has 4 rings (SSSR count). The molecule has 2 aromatic rings. The number of nitrogen functional groups attached to an aromatic ring is 2. The number of hydrogen-bond donors (Lipinski definition) is 5. The van der Waals surface area contributed by atoms with E-state index in [9.17, 15) is 24.7 Å². The van der Waals surface area contributed by atoms with Crippen molar-refractivity contribution in [1.29, 1.82) is 0 Å². The third-order valence-electron chi connectivity index (χ3n) is 4.55. The molecular weight excluding hydrogens is 534 g/mol. The molecule has 2 aromatic heterocycles. The summed E-state index contributed by atoms with van der Waals surface area (Å²) in [5, 5.41) is 24.3. The zero-order chi connectivity index (χ0) is 24.0. The van der Waals surface area contributed by atoms with Gasteiger partial charge in [0.25, 0.3) is 11.8 Å². The van der Waals surface area contributed by atoms with Crippen LogP contribution in [0.3, 0.4) is 0 Å². The largest absolute Gasteiger partial charge is 0.477 e. The van der Waals surface area contributed by atoms with E-state index in [1.807, 2.05) is 0 Å². The predicted molar refractivity (Wildman–Crippen MR) is 127 cm³/mol. The number of nitrogens with two attached hydrogens (primary N) is 2. The number of anilines is 2. The molecule has 4 heterocycles. The quantitative estimate of drug-likeness (QED) is 0.151. The molecule has 12 nitrogen and oxygen atoms in total. The van der Waals surface area contributed by atoms with E-state index < -0.39 is 34.9 Å². The first-order chi connectivity index (χ1) is 15.6. The maximum absolute atomic E-state index is 12.8. The van der Waals surface area contributed by atoms with Gasteiger partial charge in [0, 0.05) is 10.7 Å². The Bertz CT molecular complexity index is 1240. The molecule has 1 saturated heterocycles. The lowest BCUT2D eigenvalue weighted by atomic mass is 10.0. The molecule has 2 amide bonds. The summed E-state index contributed by atoms with van der Waals surface area (Å²) in [7, 11) is 0. The zero-order valence-corrected chi connectivity index (χ0v) is 20.5. The molecule has 33 heavy (non-hydrogen) atoms. The van der Waals surface area contributed by atoms with Gasteiger partial charge in [-0.3, -0.25) is 14.5 Å². The van der Waals surface area contributed by atoms with E-state index >= 15 is 0 Å². The molecule has 2 aliphatic heterocycles. The number of amides is 2. The van der Waals surface area contributed by atoms with Gasteiger partial charge in [-0.25, -0.2) is 14.8 Å². The van der Waals surface area contributed by atoms with Crippen LogP contribution < -0.4 is 16.8 Å². The van der Waals surface area contributed by atoms with Gasteiger partial charge >= 0.3 is 5.97 Å². The smallest absolute Gasteiger partial charge is 0.353 e. The summed E-state index contributed by atoms with van der Waals surface area (Å²) in [6.07, 6.45) is 0. The number of thiazole rings is 2. The van der Waals surface area contributed by atoms with Crippen LogP contribution in [-0.2, 0) is 14.4 Å². The number of aryl methyl sites for hydroxylation is 1. The Kier molecular flexibility index (Phi) is 6.45. The SMILES string of the molecule is Cc1nc(N)sc1SC1=C(C(=O)O)N2C(=O)[C@@H](NC(=O)/C(=N\O)c3nc(N)sc3Cl)[C@H]2SC1. The first-order valence-corrected chi connectivity index (χ1v) is 12.8. The second kappa shape index (κ2) is 9.02. The number of oxime groups is 1. The first kappa shape index (κ1) is 23.6. The van der Waals surface area contributed by atoms with Gasteiger partial charge in [-0.1, -0.05) is 51.2 Å². The summed E-state index contributed by atoms with van der Waals surface area (Å²) in [5.41, 5.74) is 11.2. The highest BCUT2D eigenvalue weighted by atomic mass is 35.5. The molecule has 2 atom stereocenters. The summed E-state index contributed by atoms with van der Waals surface area (Å²) in [6.45, 7) is 1.76. The Hall–Kier alpha value is -2.53. The number of rotatable bonds is 6. The second-order valence-corrected chi connectivity index (χ2v) is 11.7. The van der Waals surface area contributed by atoms with Crippen LogP contribution in [-0.4, -0.2) is 65.8 Å². The number of β-lactam (4-membered cyclic amide) rings is 1. The second-order valence-electron chi connectivity index (χ2n) is 6.59. The summed E-state index contributed by atoms with van der Waals surface area (Å²) in [5.74, 6) is -2.49. The number of nitrogens with zero attached hydrogens (tertiary/aromatic N) is 4. The number of aliphatic carboxylic acids is 1. The van der Waals surface area contributed by atoms with Gasteiger partial charge in [0.2, 0.25) is 0 Å². The number of carboxylic acid groups (broad SMARTS) is 1. The van der Waals surface area contributed by atoms with Gasteiger partial charge in [0.05, 0.1) is 9.90 Å². The number of carbonyl (C=O) groups is 3. The van der Waals surface area contributed by atoms with Crippen LogP contribution in [0.1, 0.15) is 11.4 Å². The standard InChI is InChI=1S/C16H14ClN7O5S4/c1-3-14(33-15(18)20-3)31-4-2-30-12-7(11(26)24(12)8(4)13(27)28)21-10(25)6(23-29)5-9(17)32-16(19)22-5/h7,12,29H,2H2,1H3,(H2,18,20)(H2,19,22)(H,21,25)(H,27,28)/b23-6-/t7-,12-/m1/s1. The topological polar surface area (TPSA) is 197 Å². The summed E-state index contributed by atoms with van der Waals surface area (Å²) in [4.78, 5) is 47.1. The van der Waals surface area contributed by atoms with Crippen LogP contribution in [0, 0.1) is 6.92 Å². The van der Waals surface area contributed by atoms with E-state index in [0.29, 0.717) is 21.5 Å².